The van der Waals surface area contributed by atoms with Crippen molar-refractivity contribution < 1.29 is 74.6 Å². The van der Waals surface area contributed by atoms with Gasteiger partial charge in [-0.15, -0.1) is 0 Å². The number of rotatable bonds is 18. The van der Waals surface area contributed by atoms with Gasteiger partial charge in [0.2, 0.25) is 0 Å². The number of aliphatic hydroxyl groups is 9. The molecule has 0 aliphatic rings. The van der Waals surface area contributed by atoms with Gasteiger partial charge in [0.15, 0.2) is 18.7 Å². The summed E-state index contributed by atoms with van der Waals surface area (Å²) in [7, 11) is 0. The smallest absolute Gasteiger partial charge is 0.409 e. The van der Waals surface area contributed by atoms with E-state index in [2.05, 4.69) is 14.2 Å². The first-order chi connectivity index (χ1) is 21.1. The average molecular weight is 661 g/mol. The van der Waals surface area contributed by atoms with Gasteiger partial charge in [-0.25, -0.2) is 42.5 Å². The Hall–Kier alpha value is -4.14. The summed E-state index contributed by atoms with van der Waals surface area (Å²) in [5.74, 6) is 0. The van der Waals surface area contributed by atoms with E-state index in [-0.39, 0.29) is 13.7 Å². The fourth-order valence-electron chi connectivity index (χ4n) is 3.13. The molecule has 1 rings (SSSR count). The zero-order valence-corrected chi connectivity index (χ0v) is 23.4. The molecule has 0 fully saturated rings. The highest BCUT2D eigenvalue weighted by Crippen LogP contribution is 1.95. The van der Waals surface area contributed by atoms with E-state index in [4.69, 9.17) is 15.3 Å². The van der Waals surface area contributed by atoms with Gasteiger partial charge < -0.3 is 60.2 Å². The summed E-state index contributed by atoms with van der Waals surface area (Å²) in [6.45, 7) is -8.10. The molecule has 6 unspecified atom stereocenters. The average Bonchev–Trinajstić information content (AvgIpc) is 3.00. The third-order valence-electron chi connectivity index (χ3n) is 5.16. The Labute approximate surface area is 250 Å². The number of ether oxygens (including phenoxy) is 3. The second-order valence-corrected chi connectivity index (χ2v) is 8.96. The maximum atomic E-state index is 13.1. The minimum atomic E-state index is -1.81. The van der Waals surface area contributed by atoms with Crippen LogP contribution in [0.3, 0.4) is 0 Å². The van der Waals surface area contributed by atoms with Crippen molar-refractivity contribution in [3.05, 3.63) is 31.5 Å². The molecule has 1 aromatic rings. The molecular weight excluding hydrogens is 624 g/mol. The number of nitrogens with zero attached hydrogens (tertiary/aromatic N) is 3. The highest BCUT2D eigenvalue weighted by molar-refractivity contribution is 5.68. The maximum Gasteiger partial charge on any atom is 0.409 e. The van der Waals surface area contributed by atoms with E-state index in [0.29, 0.717) is 0 Å². The predicted molar refractivity (Wildman–Crippen MR) is 140 cm³/mol. The van der Waals surface area contributed by atoms with Crippen molar-refractivity contribution in [1.29, 1.82) is 0 Å². The van der Waals surface area contributed by atoms with Crippen LogP contribution in [0, 0.1) is 0 Å². The zero-order chi connectivity index (χ0) is 34.3. The van der Waals surface area contributed by atoms with Crippen LogP contribution < -0.4 is 33.0 Å². The minimum absolute atomic E-state index is 0.256. The van der Waals surface area contributed by atoms with E-state index in [1.165, 1.54) is 0 Å². The molecule has 24 nitrogen and oxygen atoms in total. The Balaban J connectivity index is 3.25. The van der Waals surface area contributed by atoms with Gasteiger partial charge in [0.25, 0.3) is 0 Å². The Morgan fingerprint density at radius 3 is 0.933 bits per heavy atom. The SMILES string of the molecule is O=C(NC(O)CO)OCC(O)Cn1c(=O)n(CC(O)COC(=O)NC(O)CO)c(=O)n(CC(O)COC(=O)NC(O)CO)c1=O. The summed E-state index contributed by atoms with van der Waals surface area (Å²) in [5, 5.41) is 89.8. The predicted octanol–water partition coefficient (Wildman–Crippen LogP) is -8.63. The Bertz CT molecular complexity index is 1100. The van der Waals surface area contributed by atoms with E-state index >= 15 is 0 Å². The Morgan fingerprint density at radius 2 is 0.733 bits per heavy atom. The number of aliphatic hydroxyl groups excluding tert-OH is 9. The lowest BCUT2D eigenvalue weighted by Gasteiger charge is -2.20. The molecule has 0 spiro atoms. The lowest BCUT2D eigenvalue weighted by Crippen LogP contribution is -2.57. The fraction of sp³-hybridized carbons (Fsp3) is 0.714. The largest absolute Gasteiger partial charge is 0.447 e. The molecule has 12 N–H and O–H groups in total. The summed E-state index contributed by atoms with van der Waals surface area (Å²) in [6, 6.07) is 0. The Morgan fingerprint density at radius 1 is 0.511 bits per heavy atom. The van der Waals surface area contributed by atoms with Gasteiger partial charge in [-0.1, -0.05) is 0 Å². The lowest BCUT2D eigenvalue weighted by molar-refractivity contribution is 0.0279. The molecule has 0 radical (unpaired) electrons. The summed E-state index contributed by atoms with van der Waals surface area (Å²) < 4.78 is 14.6. The van der Waals surface area contributed by atoms with Crippen LogP contribution in [0.2, 0.25) is 0 Å². The van der Waals surface area contributed by atoms with Crippen molar-refractivity contribution in [2.75, 3.05) is 39.6 Å². The number of carbonyl (C=O) groups excluding carboxylic acids is 3. The number of alkyl carbamates (subject to hydrolysis) is 3. The molecule has 6 atom stereocenters. The van der Waals surface area contributed by atoms with Crippen LogP contribution in [0.25, 0.3) is 0 Å². The van der Waals surface area contributed by atoms with E-state index < -0.39 is 132 Å². The standard InChI is InChI=1S/C21H36N6O18/c28-4-13(34)22-16(37)43-7-10(31)1-25-19(40)26(2-11(32)8-44-17(38)23-14(35)5-29)21(42)27(20(25)41)3-12(33)9-45-18(39)24-15(36)6-30/h10-15,28-36H,1-9H2,(H,22,37)(H,23,38)(H,24,39). The van der Waals surface area contributed by atoms with Crippen molar-refractivity contribution in [3.8, 4) is 0 Å². The van der Waals surface area contributed by atoms with Gasteiger partial charge in [-0.05, 0) is 0 Å². The second kappa shape index (κ2) is 19.3. The minimum Gasteiger partial charge on any atom is -0.447 e. The molecule has 45 heavy (non-hydrogen) atoms. The fourth-order valence-corrected chi connectivity index (χ4v) is 3.13. The quantitative estimate of drug-likeness (QED) is 0.0513. The van der Waals surface area contributed by atoms with Crippen LogP contribution in [0.5, 0.6) is 0 Å². The van der Waals surface area contributed by atoms with Crippen molar-refractivity contribution in [2.24, 2.45) is 0 Å². The Kier molecular flexibility index (Phi) is 16.7. The summed E-state index contributed by atoms with van der Waals surface area (Å²) in [4.78, 5) is 73.9. The number of aromatic nitrogens is 3. The molecule has 0 aromatic carbocycles. The van der Waals surface area contributed by atoms with Crippen molar-refractivity contribution in [2.45, 2.75) is 56.6 Å². The van der Waals surface area contributed by atoms with Crippen molar-refractivity contribution in [1.82, 2.24) is 29.7 Å². The number of amides is 3. The first-order valence-corrected chi connectivity index (χ1v) is 12.8. The van der Waals surface area contributed by atoms with Gasteiger partial charge in [0.05, 0.1) is 39.5 Å². The van der Waals surface area contributed by atoms with E-state index in [1.807, 2.05) is 0 Å². The van der Waals surface area contributed by atoms with Gasteiger partial charge in [-0.2, -0.15) is 0 Å². The zero-order valence-electron chi connectivity index (χ0n) is 23.4. The van der Waals surface area contributed by atoms with E-state index in [0.717, 1.165) is 0 Å². The van der Waals surface area contributed by atoms with Crippen molar-refractivity contribution in [3.63, 3.8) is 0 Å². The molecule has 258 valence electrons. The van der Waals surface area contributed by atoms with Gasteiger partial charge in [-0.3, -0.25) is 16.0 Å². The van der Waals surface area contributed by atoms with Gasteiger partial charge >= 0.3 is 35.3 Å². The van der Waals surface area contributed by atoms with Crippen molar-refractivity contribution >= 4 is 18.3 Å². The topological polar surface area (TPSA) is 363 Å². The molecule has 0 bridgehead atoms. The molecule has 0 aliphatic carbocycles. The highest BCUT2D eigenvalue weighted by Gasteiger charge is 2.23. The van der Waals surface area contributed by atoms with Gasteiger partial charge in [0.1, 0.15) is 38.1 Å². The number of nitrogens with one attached hydrogen (secondary N) is 3. The molecule has 0 saturated carbocycles. The first kappa shape index (κ1) is 38.9. The number of carbonyl (C=O) groups is 3. The lowest BCUT2D eigenvalue weighted by atomic mass is 10.3. The monoisotopic (exact) mass is 660 g/mol. The third kappa shape index (κ3) is 13.6. The highest BCUT2D eigenvalue weighted by atomic mass is 16.6. The van der Waals surface area contributed by atoms with E-state index in [9.17, 15) is 59.4 Å². The first-order valence-electron chi connectivity index (χ1n) is 12.8. The molecule has 0 saturated heterocycles. The summed E-state index contributed by atoms with van der Waals surface area (Å²) in [6.07, 6.45) is -14.4. The molecule has 24 heteroatoms. The number of hydrogen-bond acceptors (Lipinski definition) is 18. The molecule has 3 amide bonds. The van der Waals surface area contributed by atoms with Crippen LogP contribution in [-0.2, 0) is 33.8 Å². The molecule has 0 aliphatic heterocycles. The van der Waals surface area contributed by atoms with Gasteiger partial charge in [0, 0.05) is 0 Å². The number of hydrogen-bond donors (Lipinski definition) is 12. The molecule has 1 heterocycles. The summed E-state index contributed by atoms with van der Waals surface area (Å²) >= 11 is 0. The van der Waals surface area contributed by atoms with Crippen LogP contribution in [0.15, 0.2) is 14.4 Å². The molecule has 1 aromatic heterocycles. The maximum absolute atomic E-state index is 13.1. The van der Waals surface area contributed by atoms with Crippen LogP contribution >= 0.6 is 0 Å². The third-order valence-corrected chi connectivity index (χ3v) is 5.16. The summed E-state index contributed by atoms with van der Waals surface area (Å²) in [5.41, 5.74) is -4.28. The van der Waals surface area contributed by atoms with Crippen LogP contribution in [-0.4, -0.2) is 155 Å². The second-order valence-electron chi connectivity index (χ2n) is 8.96. The van der Waals surface area contributed by atoms with Crippen LogP contribution in [0.4, 0.5) is 14.4 Å². The molecular formula is C21H36N6O18. The van der Waals surface area contributed by atoms with E-state index in [1.54, 1.807) is 16.0 Å². The normalized spacial score (nSPS) is 15.1. The van der Waals surface area contributed by atoms with Crippen LogP contribution in [0.1, 0.15) is 0 Å².